The maximum Gasteiger partial charge on any atom is 0.274 e. The fourth-order valence-corrected chi connectivity index (χ4v) is 4.25. The Labute approximate surface area is 145 Å². The van der Waals surface area contributed by atoms with Crippen molar-refractivity contribution in [3.63, 3.8) is 0 Å². The van der Waals surface area contributed by atoms with Crippen LogP contribution in [0.3, 0.4) is 0 Å². The van der Waals surface area contributed by atoms with E-state index < -0.39 is 15.7 Å². The quantitative estimate of drug-likeness (QED) is 0.826. The van der Waals surface area contributed by atoms with E-state index in [9.17, 15) is 13.2 Å². The van der Waals surface area contributed by atoms with Crippen LogP contribution in [0.4, 0.5) is 11.6 Å². The summed E-state index contributed by atoms with van der Waals surface area (Å²) in [7, 11) is -1.48. The van der Waals surface area contributed by atoms with Crippen LogP contribution in [0.15, 0.2) is 36.5 Å². The van der Waals surface area contributed by atoms with Crippen molar-refractivity contribution < 1.29 is 17.9 Å². The first-order chi connectivity index (χ1) is 12.0. The number of benzene rings is 1. The zero-order valence-electron chi connectivity index (χ0n) is 13.6. The first-order valence-corrected chi connectivity index (χ1v) is 9.53. The summed E-state index contributed by atoms with van der Waals surface area (Å²) < 4.78 is 28.2. The third-order valence-electron chi connectivity index (χ3n) is 3.81. The third-order valence-corrected chi connectivity index (χ3v) is 5.58. The van der Waals surface area contributed by atoms with Crippen molar-refractivity contribution in [2.24, 2.45) is 0 Å². The normalized spacial score (nSPS) is 18.5. The molecule has 0 bridgehead atoms. The monoisotopic (exact) mass is 362 g/mol. The van der Waals surface area contributed by atoms with Gasteiger partial charge in [0.25, 0.3) is 5.91 Å². The lowest BCUT2D eigenvalue weighted by Gasteiger charge is -2.12. The summed E-state index contributed by atoms with van der Waals surface area (Å²) in [5.41, 5.74) is 0.703. The highest BCUT2D eigenvalue weighted by Crippen LogP contribution is 2.23. The summed E-state index contributed by atoms with van der Waals surface area (Å²) in [4.78, 5) is 20.6. The molecule has 1 amide bonds. The first-order valence-electron chi connectivity index (χ1n) is 7.71. The van der Waals surface area contributed by atoms with Gasteiger partial charge in [-0.2, -0.15) is 0 Å². The fourth-order valence-electron chi connectivity index (χ4n) is 2.58. The molecule has 1 aliphatic rings. The van der Waals surface area contributed by atoms with Gasteiger partial charge in [0.15, 0.2) is 9.84 Å². The van der Waals surface area contributed by atoms with Crippen molar-refractivity contribution >= 4 is 27.4 Å². The zero-order chi connectivity index (χ0) is 17.9. The van der Waals surface area contributed by atoms with Crippen LogP contribution in [0.2, 0.25) is 0 Å². The maximum atomic E-state index is 12.4. The van der Waals surface area contributed by atoms with E-state index in [0.29, 0.717) is 17.9 Å². The van der Waals surface area contributed by atoms with E-state index >= 15 is 0 Å². The number of anilines is 2. The van der Waals surface area contributed by atoms with Crippen molar-refractivity contribution in [2.45, 2.75) is 12.5 Å². The van der Waals surface area contributed by atoms with Gasteiger partial charge in [-0.15, -0.1) is 0 Å². The Balaban J connectivity index is 1.71. The van der Waals surface area contributed by atoms with Crippen molar-refractivity contribution in [3.05, 3.63) is 42.2 Å². The fraction of sp³-hybridized carbons (Fsp3) is 0.312. The number of rotatable bonds is 5. The molecule has 8 nitrogen and oxygen atoms in total. The number of nitrogens with zero attached hydrogens (tertiary/aromatic N) is 2. The number of methoxy groups -OCH3 is 1. The zero-order valence-corrected chi connectivity index (χ0v) is 14.4. The number of hydrogen-bond acceptors (Lipinski definition) is 7. The number of carbonyl (C=O) groups excluding carboxylic acids is 1. The largest absolute Gasteiger partial charge is 0.495 e. The number of nitrogens with one attached hydrogen (secondary N) is 2. The Hall–Kier alpha value is -2.68. The van der Waals surface area contributed by atoms with Gasteiger partial charge in [-0.25, -0.2) is 18.4 Å². The van der Waals surface area contributed by atoms with E-state index in [1.54, 1.807) is 24.3 Å². The summed E-state index contributed by atoms with van der Waals surface area (Å²) in [5.74, 6) is 0.565. The molecule has 1 aromatic carbocycles. The van der Waals surface area contributed by atoms with Gasteiger partial charge >= 0.3 is 0 Å². The number of carbonyl (C=O) groups is 1. The summed E-state index contributed by atoms with van der Waals surface area (Å²) >= 11 is 0. The number of ether oxygens (including phenoxy) is 1. The SMILES string of the molecule is COc1ccccc1NC(=O)c1ccnc(NC2CCS(=O)(=O)C2)n1. The highest BCUT2D eigenvalue weighted by atomic mass is 32.2. The average Bonchev–Trinajstić information content (AvgIpc) is 2.94. The molecule has 2 aromatic rings. The van der Waals surface area contributed by atoms with Crippen molar-refractivity contribution in [1.29, 1.82) is 0 Å². The van der Waals surface area contributed by atoms with Crippen LogP contribution in [-0.2, 0) is 9.84 Å². The lowest BCUT2D eigenvalue weighted by atomic mass is 10.2. The molecule has 1 saturated heterocycles. The number of sulfone groups is 1. The molecule has 9 heteroatoms. The van der Waals surface area contributed by atoms with Crippen LogP contribution in [0.5, 0.6) is 5.75 Å². The molecule has 2 heterocycles. The van der Waals surface area contributed by atoms with E-state index in [4.69, 9.17) is 4.74 Å². The van der Waals surface area contributed by atoms with Gasteiger partial charge in [0.05, 0.1) is 24.3 Å². The maximum absolute atomic E-state index is 12.4. The Morgan fingerprint density at radius 2 is 2.08 bits per heavy atom. The van der Waals surface area contributed by atoms with E-state index in [2.05, 4.69) is 20.6 Å². The minimum atomic E-state index is -3.00. The molecule has 1 aliphatic heterocycles. The van der Waals surface area contributed by atoms with Gasteiger partial charge in [0.2, 0.25) is 5.95 Å². The second-order valence-corrected chi connectivity index (χ2v) is 7.89. The Morgan fingerprint density at radius 3 is 2.80 bits per heavy atom. The molecule has 1 aromatic heterocycles. The molecule has 2 N–H and O–H groups in total. The van der Waals surface area contributed by atoms with Crippen LogP contribution in [-0.4, -0.2) is 49.0 Å². The second-order valence-electron chi connectivity index (χ2n) is 5.66. The molecule has 1 atom stereocenters. The standard InChI is InChI=1S/C16H18N4O4S/c1-24-14-5-3-2-4-12(14)19-15(21)13-6-8-17-16(20-13)18-11-7-9-25(22,23)10-11/h2-6,8,11H,7,9-10H2,1H3,(H,19,21)(H,17,18,20). The minimum absolute atomic E-state index is 0.0496. The molecule has 1 unspecified atom stereocenters. The average molecular weight is 362 g/mol. The van der Waals surface area contributed by atoms with Crippen molar-refractivity contribution in [2.75, 3.05) is 29.2 Å². The van der Waals surface area contributed by atoms with Crippen LogP contribution in [0, 0.1) is 0 Å². The van der Waals surface area contributed by atoms with Crippen molar-refractivity contribution in [3.8, 4) is 5.75 Å². The molecular formula is C16H18N4O4S. The highest BCUT2D eigenvalue weighted by Gasteiger charge is 2.28. The lowest BCUT2D eigenvalue weighted by molar-refractivity contribution is 0.102. The predicted octanol–water partition coefficient (Wildman–Crippen LogP) is 1.34. The van der Waals surface area contributed by atoms with Gasteiger partial charge in [-0.05, 0) is 24.6 Å². The number of para-hydroxylation sites is 2. The topological polar surface area (TPSA) is 110 Å². The van der Waals surface area contributed by atoms with Gasteiger partial charge in [-0.3, -0.25) is 4.79 Å². The van der Waals surface area contributed by atoms with Gasteiger partial charge in [0.1, 0.15) is 11.4 Å². The molecule has 3 rings (SSSR count). The van der Waals surface area contributed by atoms with Gasteiger partial charge in [-0.1, -0.05) is 12.1 Å². The van der Waals surface area contributed by atoms with Gasteiger partial charge < -0.3 is 15.4 Å². The summed E-state index contributed by atoms with van der Waals surface area (Å²) in [6, 6.07) is 8.30. The second kappa shape index (κ2) is 7.06. The molecule has 0 radical (unpaired) electrons. The van der Waals surface area contributed by atoms with E-state index in [-0.39, 0.29) is 29.2 Å². The Morgan fingerprint density at radius 1 is 1.28 bits per heavy atom. The van der Waals surface area contributed by atoms with E-state index in [1.165, 1.54) is 19.4 Å². The lowest BCUT2D eigenvalue weighted by Crippen LogP contribution is -2.23. The molecule has 1 fully saturated rings. The predicted molar refractivity (Wildman–Crippen MR) is 93.7 cm³/mol. The van der Waals surface area contributed by atoms with Crippen molar-refractivity contribution in [1.82, 2.24) is 9.97 Å². The van der Waals surface area contributed by atoms with Crippen LogP contribution < -0.4 is 15.4 Å². The van der Waals surface area contributed by atoms with E-state index in [1.807, 2.05) is 0 Å². The van der Waals surface area contributed by atoms with Gasteiger partial charge in [0, 0.05) is 12.2 Å². The first kappa shape index (κ1) is 17.2. The smallest absolute Gasteiger partial charge is 0.274 e. The Kier molecular flexibility index (Phi) is 4.84. The molecular weight excluding hydrogens is 344 g/mol. The highest BCUT2D eigenvalue weighted by molar-refractivity contribution is 7.91. The Bertz CT molecular complexity index is 885. The summed E-state index contributed by atoms with van der Waals surface area (Å²) in [6.45, 7) is 0. The number of hydrogen-bond donors (Lipinski definition) is 2. The van der Waals surface area contributed by atoms with Crippen LogP contribution >= 0.6 is 0 Å². The number of amides is 1. The molecule has 0 aliphatic carbocycles. The number of aromatic nitrogens is 2. The van der Waals surface area contributed by atoms with Crippen LogP contribution in [0.25, 0.3) is 0 Å². The summed E-state index contributed by atoms with van der Waals surface area (Å²) in [5, 5.41) is 5.71. The molecule has 0 spiro atoms. The van der Waals surface area contributed by atoms with E-state index in [0.717, 1.165) is 0 Å². The minimum Gasteiger partial charge on any atom is -0.495 e. The molecule has 25 heavy (non-hydrogen) atoms. The summed E-state index contributed by atoms with van der Waals surface area (Å²) in [6.07, 6.45) is 1.96. The molecule has 132 valence electrons. The third kappa shape index (κ3) is 4.24. The van der Waals surface area contributed by atoms with Crippen LogP contribution in [0.1, 0.15) is 16.9 Å². The molecule has 0 saturated carbocycles.